The van der Waals surface area contributed by atoms with Gasteiger partial charge in [0, 0.05) is 18.7 Å². The van der Waals surface area contributed by atoms with Crippen LogP contribution in [0.5, 0.6) is 0 Å². The molecule has 0 aliphatic rings. The molecule has 0 bridgehead atoms. The van der Waals surface area contributed by atoms with E-state index in [4.69, 9.17) is 0 Å². The Morgan fingerprint density at radius 1 is 1.17 bits per heavy atom. The summed E-state index contributed by atoms with van der Waals surface area (Å²) in [5.74, 6) is -0.360. The van der Waals surface area contributed by atoms with Crippen LogP contribution >= 0.6 is 0 Å². The number of hydrogen-bond acceptors (Lipinski definition) is 4. The van der Waals surface area contributed by atoms with Gasteiger partial charge in [-0.05, 0) is 36.6 Å². The van der Waals surface area contributed by atoms with Gasteiger partial charge in [0.05, 0.1) is 9.82 Å². The Bertz CT molecular complexity index is 820. The Labute approximate surface area is 133 Å². The maximum atomic E-state index is 12.8. The van der Waals surface area contributed by atoms with E-state index in [9.17, 15) is 22.9 Å². The van der Waals surface area contributed by atoms with E-state index in [0.29, 0.717) is 12.0 Å². The van der Waals surface area contributed by atoms with Crippen molar-refractivity contribution in [2.45, 2.75) is 18.2 Å². The molecule has 0 fully saturated rings. The predicted octanol–water partition coefficient (Wildman–Crippen LogP) is 2.56. The summed E-state index contributed by atoms with van der Waals surface area (Å²) in [5.41, 5.74) is 0.921. The molecule has 0 saturated heterocycles. The van der Waals surface area contributed by atoms with Gasteiger partial charge in [-0.25, -0.2) is 17.5 Å². The number of nitrogens with zero attached hydrogens (tertiary/aromatic N) is 1. The van der Waals surface area contributed by atoms with E-state index in [-0.39, 0.29) is 22.9 Å². The molecule has 0 atom stereocenters. The normalized spacial score (nSPS) is 11.4. The van der Waals surface area contributed by atoms with Crippen molar-refractivity contribution in [3.8, 4) is 0 Å². The number of nitro benzene ring substituents is 1. The van der Waals surface area contributed by atoms with Crippen molar-refractivity contribution in [1.82, 2.24) is 4.72 Å². The third-order valence-corrected chi connectivity index (χ3v) is 4.89. The smallest absolute Gasteiger partial charge is 0.258 e. The van der Waals surface area contributed by atoms with Crippen molar-refractivity contribution in [2.24, 2.45) is 0 Å². The summed E-state index contributed by atoms with van der Waals surface area (Å²) < 4.78 is 39.8. The molecule has 23 heavy (non-hydrogen) atoms. The quantitative estimate of drug-likeness (QED) is 0.647. The van der Waals surface area contributed by atoms with Crippen molar-refractivity contribution >= 4 is 15.7 Å². The molecule has 2 aromatic carbocycles. The molecule has 0 aliphatic carbocycles. The van der Waals surface area contributed by atoms with Crippen LogP contribution in [0, 0.1) is 22.9 Å². The maximum Gasteiger partial charge on any atom is 0.270 e. The molecular formula is C15H15FN2O4S. The lowest BCUT2D eigenvalue weighted by molar-refractivity contribution is -0.385. The number of benzene rings is 2. The van der Waals surface area contributed by atoms with Gasteiger partial charge in [0.2, 0.25) is 10.0 Å². The van der Waals surface area contributed by atoms with Crippen molar-refractivity contribution in [1.29, 1.82) is 0 Å². The molecule has 0 radical (unpaired) electrons. The Kier molecular flexibility index (Phi) is 5.07. The summed E-state index contributed by atoms with van der Waals surface area (Å²) in [6.07, 6.45) is 0.382. The minimum atomic E-state index is -3.85. The first-order valence-electron chi connectivity index (χ1n) is 6.79. The Morgan fingerprint density at radius 2 is 1.83 bits per heavy atom. The lowest BCUT2D eigenvalue weighted by Crippen LogP contribution is -2.26. The molecular weight excluding hydrogens is 323 g/mol. The molecule has 0 amide bonds. The maximum absolute atomic E-state index is 12.8. The lowest BCUT2D eigenvalue weighted by Gasteiger charge is -2.09. The van der Waals surface area contributed by atoms with Gasteiger partial charge >= 0.3 is 0 Å². The van der Waals surface area contributed by atoms with E-state index in [1.165, 1.54) is 24.3 Å². The fourth-order valence-electron chi connectivity index (χ4n) is 2.05. The van der Waals surface area contributed by atoms with Gasteiger partial charge < -0.3 is 0 Å². The van der Waals surface area contributed by atoms with Gasteiger partial charge in [-0.2, -0.15) is 0 Å². The van der Waals surface area contributed by atoms with Crippen molar-refractivity contribution in [3.05, 3.63) is 69.5 Å². The average molecular weight is 338 g/mol. The summed E-state index contributed by atoms with van der Waals surface area (Å²) >= 11 is 0. The van der Waals surface area contributed by atoms with Gasteiger partial charge in [-0.15, -0.1) is 0 Å². The standard InChI is InChI=1S/C15H15FN2O4S/c1-11-2-7-14(18(19)20)10-15(11)23(21,22)17-9-8-12-3-5-13(16)6-4-12/h2-7,10,17H,8-9H2,1H3. The first-order chi connectivity index (χ1) is 10.8. The topological polar surface area (TPSA) is 89.3 Å². The summed E-state index contributed by atoms with van der Waals surface area (Å²) in [6.45, 7) is 1.67. The first kappa shape index (κ1) is 17.0. The Morgan fingerprint density at radius 3 is 2.43 bits per heavy atom. The van der Waals surface area contributed by atoms with Crippen LogP contribution in [-0.2, 0) is 16.4 Å². The van der Waals surface area contributed by atoms with E-state index in [1.807, 2.05) is 0 Å². The zero-order valence-corrected chi connectivity index (χ0v) is 13.1. The highest BCUT2D eigenvalue weighted by Gasteiger charge is 2.20. The largest absolute Gasteiger partial charge is 0.270 e. The molecule has 2 rings (SSSR count). The minimum absolute atomic E-state index is 0.107. The zero-order chi connectivity index (χ0) is 17.0. The first-order valence-corrected chi connectivity index (χ1v) is 8.27. The monoisotopic (exact) mass is 338 g/mol. The van der Waals surface area contributed by atoms with Crippen molar-refractivity contribution < 1.29 is 17.7 Å². The second kappa shape index (κ2) is 6.84. The van der Waals surface area contributed by atoms with E-state index >= 15 is 0 Å². The van der Waals surface area contributed by atoms with Crippen molar-refractivity contribution in [2.75, 3.05) is 6.54 Å². The summed E-state index contributed by atoms with van der Waals surface area (Å²) in [4.78, 5) is 10.0. The molecule has 6 nitrogen and oxygen atoms in total. The average Bonchev–Trinajstić information content (AvgIpc) is 2.49. The highest BCUT2D eigenvalue weighted by Crippen LogP contribution is 2.21. The van der Waals surface area contributed by atoms with Crippen LogP contribution in [0.4, 0.5) is 10.1 Å². The molecule has 0 aliphatic heterocycles. The third kappa shape index (κ3) is 4.33. The van der Waals surface area contributed by atoms with Crippen LogP contribution in [0.25, 0.3) is 0 Å². The van der Waals surface area contributed by atoms with Gasteiger partial charge in [0.25, 0.3) is 5.69 Å². The second-order valence-electron chi connectivity index (χ2n) is 4.98. The molecule has 1 N–H and O–H groups in total. The molecule has 8 heteroatoms. The van der Waals surface area contributed by atoms with Gasteiger partial charge in [-0.3, -0.25) is 10.1 Å². The Hall–Kier alpha value is -2.32. The fourth-order valence-corrected chi connectivity index (χ4v) is 3.34. The molecule has 0 spiro atoms. The summed E-state index contributed by atoms with van der Waals surface area (Å²) in [7, 11) is -3.85. The van der Waals surface area contributed by atoms with Crippen LogP contribution in [0.3, 0.4) is 0 Å². The number of aryl methyl sites for hydroxylation is 1. The summed E-state index contributed by atoms with van der Waals surface area (Å²) in [5, 5.41) is 10.8. The number of halogens is 1. The van der Waals surface area contributed by atoms with Crippen LogP contribution in [0.15, 0.2) is 47.4 Å². The number of non-ortho nitro benzene ring substituents is 1. The van der Waals surface area contributed by atoms with Crippen LogP contribution < -0.4 is 4.72 Å². The fraction of sp³-hybridized carbons (Fsp3) is 0.200. The highest BCUT2D eigenvalue weighted by atomic mass is 32.2. The van der Waals surface area contributed by atoms with Gasteiger partial charge in [-0.1, -0.05) is 18.2 Å². The van der Waals surface area contributed by atoms with E-state index in [0.717, 1.165) is 11.6 Å². The van der Waals surface area contributed by atoms with Gasteiger partial charge in [0.1, 0.15) is 5.82 Å². The van der Waals surface area contributed by atoms with E-state index in [2.05, 4.69) is 4.72 Å². The third-order valence-electron chi connectivity index (χ3n) is 3.29. The number of sulfonamides is 1. The lowest BCUT2D eigenvalue weighted by atomic mass is 10.1. The number of rotatable bonds is 6. The molecule has 0 unspecified atom stereocenters. The second-order valence-corrected chi connectivity index (χ2v) is 6.72. The molecule has 122 valence electrons. The predicted molar refractivity (Wildman–Crippen MR) is 83.1 cm³/mol. The van der Waals surface area contributed by atoms with Crippen LogP contribution in [-0.4, -0.2) is 19.9 Å². The van der Waals surface area contributed by atoms with Gasteiger partial charge in [0.15, 0.2) is 0 Å². The molecule has 0 aromatic heterocycles. The molecule has 0 heterocycles. The number of nitro groups is 1. The minimum Gasteiger partial charge on any atom is -0.258 e. The highest BCUT2D eigenvalue weighted by molar-refractivity contribution is 7.89. The molecule has 0 saturated carbocycles. The van der Waals surface area contributed by atoms with Crippen LogP contribution in [0.2, 0.25) is 0 Å². The molecule has 2 aromatic rings. The van der Waals surface area contributed by atoms with Crippen LogP contribution in [0.1, 0.15) is 11.1 Å². The van der Waals surface area contributed by atoms with E-state index < -0.39 is 14.9 Å². The Balaban J connectivity index is 2.11. The zero-order valence-electron chi connectivity index (χ0n) is 12.3. The SMILES string of the molecule is Cc1ccc([N+](=O)[O-])cc1S(=O)(=O)NCCc1ccc(F)cc1. The number of nitrogens with one attached hydrogen (secondary N) is 1. The summed E-state index contributed by atoms with van der Waals surface area (Å²) in [6, 6.07) is 9.43. The van der Waals surface area contributed by atoms with Crippen molar-refractivity contribution in [3.63, 3.8) is 0 Å². The van der Waals surface area contributed by atoms with E-state index in [1.54, 1.807) is 19.1 Å². The number of hydrogen-bond donors (Lipinski definition) is 1.